The molecule has 1 atom stereocenters. The Morgan fingerprint density at radius 3 is 2.47 bits per heavy atom. The predicted octanol–water partition coefficient (Wildman–Crippen LogP) is 2.04. The van der Waals surface area contributed by atoms with Crippen LogP contribution in [0.1, 0.15) is 33.6 Å². The van der Waals surface area contributed by atoms with Crippen molar-refractivity contribution in [3.8, 4) is 0 Å². The van der Waals surface area contributed by atoms with Crippen LogP contribution in [0.15, 0.2) is 0 Å². The lowest BCUT2D eigenvalue weighted by molar-refractivity contribution is 0.259. The van der Waals surface area contributed by atoms with Crippen LogP contribution in [-0.4, -0.2) is 48.9 Å². The third-order valence-corrected chi connectivity index (χ3v) is 3.25. The maximum Gasteiger partial charge on any atom is 0.101 e. The van der Waals surface area contributed by atoms with Crippen molar-refractivity contribution < 1.29 is 0 Å². The van der Waals surface area contributed by atoms with Crippen LogP contribution < -0.4 is 0 Å². The largest absolute Gasteiger partial charge is 0.362 e. The molecule has 0 aromatic heterocycles. The standard InChI is InChI=1S/C12H25N3/c1-12(2,3)11(13)15(5)9-10-7-6-8-14(10)4/h10,13H,6-9H2,1-5H3. The van der Waals surface area contributed by atoms with Gasteiger partial charge in [-0.3, -0.25) is 5.41 Å². The van der Waals surface area contributed by atoms with Gasteiger partial charge in [0.15, 0.2) is 0 Å². The van der Waals surface area contributed by atoms with E-state index in [1.807, 2.05) is 7.05 Å². The van der Waals surface area contributed by atoms with E-state index in [0.29, 0.717) is 6.04 Å². The summed E-state index contributed by atoms with van der Waals surface area (Å²) < 4.78 is 0. The number of hydrogen-bond donors (Lipinski definition) is 1. The van der Waals surface area contributed by atoms with Crippen LogP contribution in [-0.2, 0) is 0 Å². The Balaban J connectivity index is 2.48. The lowest BCUT2D eigenvalue weighted by atomic mass is 9.94. The van der Waals surface area contributed by atoms with Gasteiger partial charge in [-0.2, -0.15) is 0 Å². The van der Waals surface area contributed by atoms with Gasteiger partial charge in [-0.05, 0) is 26.4 Å². The van der Waals surface area contributed by atoms with Gasteiger partial charge in [-0.25, -0.2) is 0 Å². The van der Waals surface area contributed by atoms with Crippen molar-refractivity contribution in [3.05, 3.63) is 0 Å². The van der Waals surface area contributed by atoms with Gasteiger partial charge in [-0.1, -0.05) is 20.8 Å². The predicted molar refractivity (Wildman–Crippen MR) is 65.5 cm³/mol. The van der Waals surface area contributed by atoms with E-state index in [2.05, 4.69) is 37.6 Å². The summed E-state index contributed by atoms with van der Waals surface area (Å²) in [6.45, 7) is 8.51. The molecular formula is C12H25N3. The average Bonchev–Trinajstić information content (AvgIpc) is 2.49. The number of rotatable bonds is 2. The molecule has 1 unspecified atom stereocenters. The number of nitrogens with zero attached hydrogens (tertiary/aromatic N) is 2. The fraction of sp³-hybridized carbons (Fsp3) is 0.917. The zero-order chi connectivity index (χ0) is 11.6. The van der Waals surface area contributed by atoms with Crippen molar-refractivity contribution in [3.63, 3.8) is 0 Å². The lowest BCUT2D eigenvalue weighted by Crippen LogP contribution is -2.43. The van der Waals surface area contributed by atoms with Crippen LogP contribution in [0, 0.1) is 10.8 Å². The number of nitrogens with one attached hydrogen (secondary N) is 1. The molecule has 0 radical (unpaired) electrons. The van der Waals surface area contributed by atoms with Crippen LogP contribution in [0.4, 0.5) is 0 Å². The second-order valence-corrected chi connectivity index (χ2v) is 5.76. The first-order valence-corrected chi connectivity index (χ1v) is 5.83. The third kappa shape index (κ3) is 3.20. The molecule has 1 fully saturated rings. The monoisotopic (exact) mass is 211 g/mol. The highest BCUT2D eigenvalue weighted by Gasteiger charge is 2.26. The molecule has 0 saturated carbocycles. The van der Waals surface area contributed by atoms with Crippen LogP contribution in [0.2, 0.25) is 0 Å². The molecule has 1 saturated heterocycles. The fourth-order valence-electron chi connectivity index (χ4n) is 2.19. The van der Waals surface area contributed by atoms with Gasteiger partial charge in [0, 0.05) is 25.0 Å². The van der Waals surface area contributed by atoms with Crippen molar-refractivity contribution in [1.29, 1.82) is 5.41 Å². The Morgan fingerprint density at radius 2 is 2.07 bits per heavy atom. The fourth-order valence-corrected chi connectivity index (χ4v) is 2.19. The normalized spacial score (nSPS) is 23.1. The maximum atomic E-state index is 8.08. The third-order valence-electron chi connectivity index (χ3n) is 3.25. The van der Waals surface area contributed by atoms with Gasteiger partial charge in [0.1, 0.15) is 5.84 Å². The average molecular weight is 211 g/mol. The maximum absolute atomic E-state index is 8.08. The van der Waals surface area contributed by atoms with E-state index in [4.69, 9.17) is 5.41 Å². The van der Waals surface area contributed by atoms with Gasteiger partial charge in [-0.15, -0.1) is 0 Å². The van der Waals surface area contributed by atoms with Crippen molar-refractivity contribution in [2.24, 2.45) is 5.41 Å². The Kier molecular flexibility index (Phi) is 3.77. The van der Waals surface area contributed by atoms with Crippen molar-refractivity contribution in [2.75, 3.05) is 27.2 Å². The number of amidine groups is 1. The van der Waals surface area contributed by atoms with E-state index >= 15 is 0 Å². The van der Waals surface area contributed by atoms with Gasteiger partial charge in [0.05, 0.1) is 0 Å². The highest BCUT2D eigenvalue weighted by molar-refractivity contribution is 5.84. The van der Waals surface area contributed by atoms with Crippen LogP contribution in [0.5, 0.6) is 0 Å². The molecule has 0 spiro atoms. The number of likely N-dealkylation sites (N-methyl/N-ethyl adjacent to an activating group) is 2. The van der Waals surface area contributed by atoms with Crippen molar-refractivity contribution in [1.82, 2.24) is 9.80 Å². The minimum atomic E-state index is -0.0358. The summed E-state index contributed by atoms with van der Waals surface area (Å²) >= 11 is 0. The number of likely N-dealkylation sites (tertiary alicyclic amines) is 1. The topological polar surface area (TPSA) is 30.3 Å². The van der Waals surface area contributed by atoms with Crippen molar-refractivity contribution in [2.45, 2.75) is 39.7 Å². The molecule has 0 bridgehead atoms. The Morgan fingerprint density at radius 1 is 1.47 bits per heavy atom. The summed E-state index contributed by atoms with van der Waals surface area (Å²) in [4.78, 5) is 4.51. The molecule has 1 heterocycles. The summed E-state index contributed by atoms with van der Waals surface area (Å²) in [6, 6.07) is 0.637. The van der Waals surface area contributed by atoms with E-state index < -0.39 is 0 Å². The van der Waals surface area contributed by atoms with Crippen LogP contribution >= 0.6 is 0 Å². The number of hydrogen-bond acceptors (Lipinski definition) is 2. The summed E-state index contributed by atoms with van der Waals surface area (Å²) in [5, 5.41) is 8.08. The van der Waals surface area contributed by atoms with Gasteiger partial charge in [0.25, 0.3) is 0 Å². The molecule has 3 heteroatoms. The molecule has 0 amide bonds. The first kappa shape index (κ1) is 12.5. The summed E-state index contributed by atoms with van der Waals surface area (Å²) in [7, 11) is 4.23. The zero-order valence-corrected chi connectivity index (χ0v) is 10.8. The molecule has 1 rings (SSSR count). The van der Waals surface area contributed by atoms with E-state index in [0.717, 1.165) is 12.4 Å². The molecule has 88 valence electrons. The first-order chi connectivity index (χ1) is 6.82. The molecule has 1 N–H and O–H groups in total. The van der Waals surface area contributed by atoms with Crippen LogP contribution in [0.3, 0.4) is 0 Å². The van der Waals surface area contributed by atoms with Crippen molar-refractivity contribution >= 4 is 5.84 Å². The molecule has 0 aromatic rings. The highest BCUT2D eigenvalue weighted by atomic mass is 15.2. The van der Waals surface area contributed by atoms with Gasteiger partial charge >= 0.3 is 0 Å². The Labute approximate surface area is 94.0 Å². The smallest absolute Gasteiger partial charge is 0.101 e. The minimum absolute atomic E-state index is 0.0358. The second kappa shape index (κ2) is 4.52. The lowest BCUT2D eigenvalue weighted by Gasteiger charge is -2.33. The van der Waals surface area contributed by atoms with E-state index in [1.54, 1.807) is 0 Å². The first-order valence-electron chi connectivity index (χ1n) is 5.83. The van der Waals surface area contributed by atoms with Crippen LogP contribution in [0.25, 0.3) is 0 Å². The van der Waals surface area contributed by atoms with Gasteiger partial charge in [0.2, 0.25) is 0 Å². The summed E-state index contributed by atoms with van der Waals surface area (Å²) in [5.41, 5.74) is -0.0358. The molecule has 0 aliphatic carbocycles. The quantitative estimate of drug-likeness (QED) is 0.559. The zero-order valence-electron chi connectivity index (χ0n) is 10.8. The molecule has 15 heavy (non-hydrogen) atoms. The van der Waals surface area contributed by atoms with E-state index in [-0.39, 0.29) is 5.41 Å². The SMILES string of the molecule is CN(CC1CCCN1C)C(=N)C(C)(C)C. The highest BCUT2D eigenvalue weighted by Crippen LogP contribution is 2.20. The summed E-state index contributed by atoms with van der Waals surface area (Å²) in [6.07, 6.45) is 2.58. The van der Waals surface area contributed by atoms with Gasteiger partial charge < -0.3 is 9.80 Å². The molecule has 1 aliphatic heterocycles. The van der Waals surface area contributed by atoms with E-state index in [9.17, 15) is 0 Å². The molecule has 0 aromatic carbocycles. The Hall–Kier alpha value is -0.570. The Bertz CT molecular complexity index is 230. The molecular weight excluding hydrogens is 186 g/mol. The molecule has 3 nitrogen and oxygen atoms in total. The van der Waals surface area contributed by atoms with E-state index in [1.165, 1.54) is 19.4 Å². The minimum Gasteiger partial charge on any atom is -0.362 e. The summed E-state index contributed by atoms with van der Waals surface area (Å²) in [5.74, 6) is 0.739. The molecule has 1 aliphatic rings. The second-order valence-electron chi connectivity index (χ2n) is 5.76.